The van der Waals surface area contributed by atoms with Gasteiger partial charge in [-0.05, 0) is 22.6 Å². The molecule has 1 aromatic carbocycles. The van der Waals surface area contributed by atoms with Gasteiger partial charge in [-0.25, -0.2) is 8.78 Å². The van der Waals surface area contributed by atoms with Gasteiger partial charge in [0.1, 0.15) is 11.5 Å². The second-order valence-corrected chi connectivity index (χ2v) is 3.32. The van der Waals surface area contributed by atoms with Gasteiger partial charge >= 0.3 is 0 Å². The molecule has 94 valence electrons. The Kier molecular flexibility index (Phi) is 3.56. The molecule has 0 aliphatic heterocycles. The molecule has 1 heterocycles. The Morgan fingerprint density at radius 3 is 2.94 bits per heavy atom. The summed E-state index contributed by atoms with van der Waals surface area (Å²) in [4.78, 5) is 10.00. The van der Waals surface area contributed by atoms with E-state index in [1.165, 1.54) is 6.07 Å². The van der Waals surface area contributed by atoms with Crippen molar-refractivity contribution >= 4 is 6.47 Å². The molecular formula is C10H8F2N4O2. The quantitative estimate of drug-likeness (QED) is 0.579. The maximum Gasteiger partial charge on any atom is 0.293 e. The first-order chi connectivity index (χ1) is 8.72. The summed E-state index contributed by atoms with van der Waals surface area (Å²) < 4.78 is 31.9. The van der Waals surface area contributed by atoms with E-state index >= 15 is 0 Å². The number of benzene rings is 1. The normalized spacial score (nSPS) is 10.3. The van der Waals surface area contributed by atoms with E-state index in [0.717, 1.165) is 16.8 Å². The topological polar surface area (TPSA) is 69.9 Å². The van der Waals surface area contributed by atoms with E-state index in [-0.39, 0.29) is 18.7 Å². The van der Waals surface area contributed by atoms with E-state index in [1.807, 2.05) is 0 Å². The van der Waals surface area contributed by atoms with Gasteiger partial charge < -0.3 is 4.74 Å². The molecule has 2 aromatic rings. The van der Waals surface area contributed by atoms with Crippen LogP contribution in [0, 0.1) is 11.6 Å². The minimum absolute atomic E-state index is 0.0301. The van der Waals surface area contributed by atoms with E-state index in [4.69, 9.17) is 0 Å². The summed E-state index contributed by atoms with van der Waals surface area (Å²) in [6.45, 7) is 0.374. The zero-order valence-corrected chi connectivity index (χ0v) is 9.08. The number of tetrazole rings is 1. The first kappa shape index (κ1) is 12.1. The van der Waals surface area contributed by atoms with Crippen molar-refractivity contribution in [3.8, 4) is 5.69 Å². The molecule has 0 saturated heterocycles. The van der Waals surface area contributed by atoms with Crippen molar-refractivity contribution in [3.63, 3.8) is 0 Å². The van der Waals surface area contributed by atoms with E-state index in [0.29, 0.717) is 12.3 Å². The molecule has 0 amide bonds. The predicted octanol–water partition coefficient (Wildman–Crippen LogP) is 0.656. The van der Waals surface area contributed by atoms with Crippen LogP contribution in [0.2, 0.25) is 0 Å². The maximum atomic E-state index is 13.5. The number of aromatic nitrogens is 4. The summed E-state index contributed by atoms with van der Waals surface area (Å²) in [6, 6.07) is 3.07. The third-order valence-electron chi connectivity index (χ3n) is 2.18. The average molecular weight is 254 g/mol. The lowest BCUT2D eigenvalue weighted by molar-refractivity contribution is -0.128. The van der Waals surface area contributed by atoms with Gasteiger partial charge in [0.25, 0.3) is 6.47 Å². The molecule has 0 unspecified atom stereocenters. The van der Waals surface area contributed by atoms with Crippen LogP contribution >= 0.6 is 0 Å². The van der Waals surface area contributed by atoms with Crippen molar-refractivity contribution in [1.29, 1.82) is 0 Å². The highest BCUT2D eigenvalue weighted by Crippen LogP contribution is 2.14. The monoisotopic (exact) mass is 254 g/mol. The first-order valence-electron chi connectivity index (χ1n) is 5.00. The fourth-order valence-electron chi connectivity index (χ4n) is 1.40. The smallest absolute Gasteiger partial charge is 0.293 e. The number of halogens is 2. The molecule has 0 N–H and O–H groups in total. The second kappa shape index (κ2) is 5.30. The van der Waals surface area contributed by atoms with Crippen molar-refractivity contribution in [1.82, 2.24) is 20.2 Å². The Balaban J connectivity index is 2.27. The number of carbonyl (C=O) groups is 1. The van der Waals surface area contributed by atoms with Gasteiger partial charge in [-0.1, -0.05) is 0 Å². The van der Waals surface area contributed by atoms with Crippen LogP contribution in [0.4, 0.5) is 8.78 Å². The number of nitrogens with zero attached hydrogens (tertiary/aromatic N) is 4. The zero-order valence-electron chi connectivity index (χ0n) is 9.08. The maximum absolute atomic E-state index is 13.5. The van der Waals surface area contributed by atoms with Crippen molar-refractivity contribution in [2.24, 2.45) is 0 Å². The minimum atomic E-state index is -0.778. The molecule has 6 nitrogen and oxygen atoms in total. The highest BCUT2D eigenvalue weighted by molar-refractivity contribution is 5.37. The van der Waals surface area contributed by atoms with Gasteiger partial charge in [0.15, 0.2) is 11.6 Å². The molecule has 0 radical (unpaired) electrons. The molecule has 2 rings (SSSR count). The zero-order chi connectivity index (χ0) is 13.0. The third kappa shape index (κ3) is 2.47. The lowest BCUT2D eigenvalue weighted by Gasteiger charge is -2.05. The van der Waals surface area contributed by atoms with Crippen molar-refractivity contribution < 1.29 is 18.3 Å². The molecule has 0 aliphatic carbocycles. The van der Waals surface area contributed by atoms with Crippen molar-refractivity contribution in [3.05, 3.63) is 35.7 Å². The Morgan fingerprint density at radius 1 is 1.39 bits per heavy atom. The number of ether oxygens (including phenoxy) is 1. The molecule has 0 spiro atoms. The first-order valence-corrected chi connectivity index (χ1v) is 5.00. The summed E-state index contributed by atoms with van der Waals surface area (Å²) in [5, 5.41) is 10.7. The predicted molar refractivity (Wildman–Crippen MR) is 54.8 cm³/mol. The van der Waals surface area contributed by atoms with Crippen LogP contribution in [0.1, 0.15) is 5.82 Å². The Morgan fingerprint density at radius 2 is 2.22 bits per heavy atom. The highest BCUT2D eigenvalue weighted by atomic mass is 19.1. The van der Waals surface area contributed by atoms with Crippen molar-refractivity contribution in [2.75, 3.05) is 6.61 Å². The van der Waals surface area contributed by atoms with E-state index in [2.05, 4.69) is 20.3 Å². The summed E-state index contributed by atoms with van der Waals surface area (Å²) in [7, 11) is 0. The van der Waals surface area contributed by atoms with Crippen LogP contribution in [0.15, 0.2) is 18.2 Å². The Bertz CT molecular complexity index is 559. The lowest BCUT2D eigenvalue weighted by atomic mass is 10.3. The second-order valence-electron chi connectivity index (χ2n) is 3.32. The molecule has 8 heteroatoms. The summed E-state index contributed by atoms with van der Waals surface area (Å²) in [5.74, 6) is -1.16. The summed E-state index contributed by atoms with van der Waals surface area (Å²) >= 11 is 0. The van der Waals surface area contributed by atoms with Crippen LogP contribution in [0.25, 0.3) is 5.69 Å². The van der Waals surface area contributed by atoms with E-state index < -0.39 is 11.6 Å². The highest BCUT2D eigenvalue weighted by Gasteiger charge is 2.12. The largest absolute Gasteiger partial charge is 0.467 e. The molecule has 0 bridgehead atoms. The van der Waals surface area contributed by atoms with Gasteiger partial charge in [0, 0.05) is 12.5 Å². The fourth-order valence-corrected chi connectivity index (χ4v) is 1.40. The van der Waals surface area contributed by atoms with Crippen molar-refractivity contribution in [2.45, 2.75) is 6.42 Å². The van der Waals surface area contributed by atoms with E-state index in [9.17, 15) is 13.6 Å². The van der Waals surface area contributed by atoms with Gasteiger partial charge in [-0.15, -0.1) is 5.10 Å². The van der Waals surface area contributed by atoms with Gasteiger partial charge in [-0.3, -0.25) is 4.79 Å². The molecule has 1 aromatic heterocycles. The third-order valence-corrected chi connectivity index (χ3v) is 2.18. The lowest BCUT2D eigenvalue weighted by Crippen LogP contribution is -2.08. The number of hydrogen-bond acceptors (Lipinski definition) is 5. The average Bonchev–Trinajstić information content (AvgIpc) is 2.78. The van der Waals surface area contributed by atoms with E-state index in [1.54, 1.807) is 0 Å². The fraction of sp³-hybridized carbons (Fsp3) is 0.200. The standard InChI is InChI=1S/C10H8F2N4O2/c11-7-1-2-9(8(12)5-7)16-10(13-14-15-16)3-4-18-6-17/h1-2,5-6H,3-4H2. The number of rotatable bonds is 5. The molecule has 0 fully saturated rings. The summed E-state index contributed by atoms with van der Waals surface area (Å²) in [5.41, 5.74) is 0.0301. The molecule has 0 atom stereocenters. The van der Waals surface area contributed by atoms with Gasteiger partial charge in [0.05, 0.1) is 6.61 Å². The van der Waals surface area contributed by atoms with Crippen LogP contribution in [0.5, 0.6) is 0 Å². The van der Waals surface area contributed by atoms with Crippen LogP contribution < -0.4 is 0 Å². The SMILES string of the molecule is O=COCCc1nnnn1-c1ccc(F)cc1F. The van der Waals surface area contributed by atoms with Crippen LogP contribution in [-0.2, 0) is 16.0 Å². The molecular weight excluding hydrogens is 246 g/mol. The number of hydrogen-bond donors (Lipinski definition) is 0. The van der Waals surface area contributed by atoms with Crippen LogP contribution in [0.3, 0.4) is 0 Å². The number of carbonyl (C=O) groups excluding carboxylic acids is 1. The van der Waals surface area contributed by atoms with Gasteiger partial charge in [-0.2, -0.15) is 4.68 Å². The molecule has 0 saturated carbocycles. The molecule has 18 heavy (non-hydrogen) atoms. The Hall–Kier alpha value is -2.38. The minimum Gasteiger partial charge on any atom is -0.467 e. The van der Waals surface area contributed by atoms with Crippen LogP contribution in [-0.4, -0.2) is 33.3 Å². The Labute approximate surface area is 100 Å². The molecule has 0 aliphatic rings. The van der Waals surface area contributed by atoms with Gasteiger partial charge in [0.2, 0.25) is 0 Å². The summed E-state index contributed by atoms with van der Waals surface area (Å²) in [6.07, 6.45) is 0.225.